The second-order valence-corrected chi connectivity index (χ2v) is 11.6. The second kappa shape index (κ2) is 8.76. The Morgan fingerprint density at radius 1 is 1.08 bits per heavy atom. The van der Waals surface area contributed by atoms with Crippen molar-refractivity contribution < 1.29 is 14.0 Å². The highest BCUT2D eigenvalue weighted by molar-refractivity contribution is 6.73. The fraction of sp³-hybridized carbons (Fsp3) is 0.600. The Kier molecular flexibility index (Phi) is 6.96. The highest BCUT2D eigenvalue weighted by Crippen LogP contribution is 2.34. The van der Waals surface area contributed by atoms with Crippen LogP contribution in [0.25, 0.3) is 0 Å². The molecule has 0 aromatic heterocycles. The zero-order valence-electron chi connectivity index (χ0n) is 16.0. The van der Waals surface area contributed by atoms with Gasteiger partial charge >= 0.3 is 0 Å². The van der Waals surface area contributed by atoms with Gasteiger partial charge in [0.1, 0.15) is 6.10 Å². The van der Waals surface area contributed by atoms with E-state index in [1.165, 1.54) is 4.90 Å². The average Bonchev–Trinajstić information content (AvgIpc) is 2.66. The third kappa shape index (κ3) is 4.03. The highest BCUT2D eigenvalue weighted by Gasteiger charge is 2.53. The minimum Gasteiger partial charge on any atom is -0.403 e. The molecule has 0 saturated carbocycles. The van der Waals surface area contributed by atoms with Crippen LogP contribution in [0.15, 0.2) is 30.3 Å². The van der Waals surface area contributed by atoms with Crippen LogP contribution in [-0.4, -0.2) is 37.2 Å². The Bertz CT molecular complexity index is 578. The lowest BCUT2D eigenvalue weighted by molar-refractivity contribution is -0.158. The van der Waals surface area contributed by atoms with Crippen molar-refractivity contribution in [1.82, 2.24) is 4.90 Å². The number of imide groups is 1. The largest absolute Gasteiger partial charge is 0.403 e. The molecular weight excluding hydrogens is 330 g/mol. The summed E-state index contributed by atoms with van der Waals surface area (Å²) in [5.74, 6) is -0.342. The van der Waals surface area contributed by atoms with E-state index >= 15 is 0 Å². The van der Waals surface area contributed by atoms with Crippen molar-refractivity contribution in [3.05, 3.63) is 35.9 Å². The van der Waals surface area contributed by atoms with E-state index < -0.39 is 14.4 Å². The number of unbranched alkanes of at least 4 members (excludes halogenated alkanes) is 1. The molecule has 1 saturated heterocycles. The fourth-order valence-electron chi connectivity index (χ4n) is 3.58. The summed E-state index contributed by atoms with van der Waals surface area (Å²) in [7, 11) is -1.88. The summed E-state index contributed by atoms with van der Waals surface area (Å²) in [6.07, 6.45) is 2.44. The van der Waals surface area contributed by atoms with Crippen molar-refractivity contribution in [2.75, 3.05) is 0 Å². The van der Waals surface area contributed by atoms with E-state index in [2.05, 4.69) is 27.7 Å². The number of rotatable bonds is 9. The predicted molar refractivity (Wildman–Crippen MR) is 103 cm³/mol. The molecule has 0 unspecified atom stereocenters. The summed E-state index contributed by atoms with van der Waals surface area (Å²) in [6.45, 7) is 8.62. The molecule has 138 valence electrons. The summed E-state index contributed by atoms with van der Waals surface area (Å²) in [5, 5.41) is 0. The number of likely N-dealkylation sites (tertiary alicyclic amines) is 1. The van der Waals surface area contributed by atoms with Crippen molar-refractivity contribution in [3.8, 4) is 0 Å². The lowest BCUT2D eigenvalue weighted by Gasteiger charge is -2.48. The van der Waals surface area contributed by atoms with E-state index in [1.54, 1.807) is 12.1 Å². The topological polar surface area (TPSA) is 46.6 Å². The van der Waals surface area contributed by atoms with Crippen molar-refractivity contribution in [1.29, 1.82) is 0 Å². The molecule has 1 heterocycles. The van der Waals surface area contributed by atoms with Gasteiger partial charge in [0.15, 0.2) is 8.32 Å². The monoisotopic (exact) mass is 361 g/mol. The first kappa shape index (κ1) is 19.9. The molecule has 4 nitrogen and oxygen atoms in total. The summed E-state index contributed by atoms with van der Waals surface area (Å²) in [4.78, 5) is 27.0. The quantitative estimate of drug-likeness (QED) is 0.366. The Hall–Kier alpha value is -1.46. The molecule has 2 atom stereocenters. The van der Waals surface area contributed by atoms with Crippen molar-refractivity contribution >= 4 is 20.1 Å². The van der Waals surface area contributed by atoms with Crippen molar-refractivity contribution in [2.24, 2.45) is 0 Å². The number of hydrogen-bond donors (Lipinski definition) is 0. The number of nitrogens with zero attached hydrogens (tertiary/aromatic N) is 1. The van der Waals surface area contributed by atoms with E-state index in [-0.39, 0.29) is 17.9 Å². The second-order valence-electron chi connectivity index (χ2n) is 6.87. The van der Waals surface area contributed by atoms with Crippen LogP contribution in [0.3, 0.4) is 0 Å². The van der Waals surface area contributed by atoms with Gasteiger partial charge in [0.05, 0.1) is 6.04 Å². The van der Waals surface area contributed by atoms with Gasteiger partial charge < -0.3 is 4.43 Å². The molecule has 0 radical (unpaired) electrons. The van der Waals surface area contributed by atoms with Gasteiger partial charge in [0, 0.05) is 5.56 Å². The Morgan fingerprint density at radius 2 is 1.68 bits per heavy atom. The molecule has 1 aromatic rings. The Balaban J connectivity index is 2.19. The van der Waals surface area contributed by atoms with Crippen LogP contribution in [0.4, 0.5) is 0 Å². The Labute approximate surface area is 152 Å². The number of carbonyl (C=O) groups excluding carboxylic acids is 2. The molecular formula is C20H31NO3Si. The summed E-state index contributed by atoms with van der Waals surface area (Å²) in [5.41, 5.74) is 0.570. The molecule has 2 rings (SSSR count). The minimum atomic E-state index is -1.88. The summed E-state index contributed by atoms with van der Waals surface area (Å²) >= 11 is 0. The van der Waals surface area contributed by atoms with Crippen molar-refractivity contribution in [3.63, 3.8) is 0 Å². The molecule has 1 fully saturated rings. The maximum Gasteiger partial charge on any atom is 0.260 e. The standard InChI is InChI=1S/C20H31NO3Si/c1-5-9-15-17-18(24-25(6-2,7-3)8-4)20(23)21(17)19(22)16-13-11-10-12-14-16/h10-14,17-18H,5-9,15H2,1-4H3/t17-,18+/m1/s1. The Morgan fingerprint density at radius 3 is 2.20 bits per heavy atom. The molecule has 2 amide bonds. The lowest BCUT2D eigenvalue weighted by Crippen LogP contribution is -2.69. The van der Waals surface area contributed by atoms with Crippen LogP contribution >= 0.6 is 0 Å². The van der Waals surface area contributed by atoms with Gasteiger partial charge in [-0.2, -0.15) is 0 Å². The van der Waals surface area contributed by atoms with E-state index in [1.807, 2.05) is 18.2 Å². The van der Waals surface area contributed by atoms with Crippen LogP contribution in [-0.2, 0) is 9.22 Å². The smallest absolute Gasteiger partial charge is 0.260 e. The van der Waals surface area contributed by atoms with E-state index in [9.17, 15) is 9.59 Å². The SMILES string of the molecule is CCCC[C@@H]1[C@H](O[Si](CC)(CC)CC)C(=O)N1C(=O)c1ccccc1. The fourth-order valence-corrected chi connectivity index (χ4v) is 6.38. The first-order chi connectivity index (χ1) is 12.0. The van der Waals surface area contributed by atoms with Crippen LogP contribution in [0.2, 0.25) is 18.1 Å². The maximum absolute atomic E-state index is 12.8. The third-order valence-electron chi connectivity index (χ3n) is 5.56. The van der Waals surface area contributed by atoms with E-state index in [4.69, 9.17) is 4.43 Å². The van der Waals surface area contributed by atoms with Crippen LogP contribution in [0.5, 0.6) is 0 Å². The molecule has 0 N–H and O–H groups in total. The minimum absolute atomic E-state index is 0.114. The average molecular weight is 362 g/mol. The first-order valence-corrected chi connectivity index (χ1v) is 12.2. The number of benzene rings is 1. The van der Waals surface area contributed by atoms with Crippen LogP contribution in [0.1, 0.15) is 57.3 Å². The third-order valence-corrected chi connectivity index (χ3v) is 10.2. The highest BCUT2D eigenvalue weighted by atomic mass is 28.4. The van der Waals surface area contributed by atoms with E-state index in [0.29, 0.717) is 5.56 Å². The molecule has 25 heavy (non-hydrogen) atoms. The zero-order chi connectivity index (χ0) is 18.4. The first-order valence-electron chi connectivity index (χ1n) is 9.63. The summed E-state index contributed by atoms with van der Waals surface area (Å²) in [6, 6.07) is 12.0. The number of amides is 2. The molecule has 1 aliphatic rings. The normalized spacial score (nSPS) is 20.5. The summed E-state index contributed by atoms with van der Waals surface area (Å²) < 4.78 is 6.46. The number of carbonyl (C=O) groups is 2. The van der Waals surface area contributed by atoms with Gasteiger partial charge in [-0.15, -0.1) is 0 Å². The predicted octanol–water partition coefficient (Wildman–Crippen LogP) is 4.62. The zero-order valence-corrected chi connectivity index (χ0v) is 17.0. The molecule has 0 spiro atoms. The van der Waals surface area contributed by atoms with Crippen LogP contribution < -0.4 is 0 Å². The van der Waals surface area contributed by atoms with Gasteiger partial charge in [-0.3, -0.25) is 14.5 Å². The van der Waals surface area contributed by atoms with Gasteiger partial charge in [-0.25, -0.2) is 0 Å². The molecule has 0 bridgehead atoms. The number of β-lactam (4-membered cyclic amide) rings is 1. The van der Waals surface area contributed by atoms with Gasteiger partial charge in [-0.05, 0) is 36.7 Å². The maximum atomic E-state index is 12.8. The number of hydrogen-bond acceptors (Lipinski definition) is 3. The molecule has 5 heteroatoms. The molecule has 1 aliphatic heterocycles. The molecule has 1 aromatic carbocycles. The van der Waals surface area contributed by atoms with E-state index in [0.717, 1.165) is 37.4 Å². The van der Waals surface area contributed by atoms with Gasteiger partial charge in [0.25, 0.3) is 11.8 Å². The van der Waals surface area contributed by atoms with Gasteiger partial charge in [-0.1, -0.05) is 58.7 Å². The molecule has 0 aliphatic carbocycles. The lowest BCUT2D eigenvalue weighted by atomic mass is 9.92. The van der Waals surface area contributed by atoms with Crippen molar-refractivity contribution in [2.45, 2.75) is 77.2 Å². The van der Waals surface area contributed by atoms with Gasteiger partial charge in [0.2, 0.25) is 0 Å². The van der Waals surface area contributed by atoms with Crippen LogP contribution in [0, 0.1) is 0 Å².